The molecule has 0 atom stereocenters. The van der Waals surface area contributed by atoms with Gasteiger partial charge < -0.3 is 4.90 Å². The molecule has 0 aromatic carbocycles. The van der Waals surface area contributed by atoms with Crippen molar-refractivity contribution in [1.82, 2.24) is 9.80 Å². The third kappa shape index (κ3) is 31.5. The van der Waals surface area contributed by atoms with Crippen molar-refractivity contribution in [2.24, 2.45) is 5.41 Å². The Kier molecular flexibility index (Phi) is 23.0. The molecule has 0 aromatic rings. The van der Waals surface area contributed by atoms with E-state index in [-0.39, 0.29) is 5.41 Å². The molecule has 0 rings (SSSR count). The van der Waals surface area contributed by atoms with E-state index >= 15 is 0 Å². The topological polar surface area (TPSA) is 6.48 Å². The Morgan fingerprint density at radius 1 is 0.880 bits per heavy atom. The first kappa shape index (κ1) is 31.9. The highest BCUT2D eigenvalue weighted by Crippen LogP contribution is 2.09. The van der Waals surface area contributed by atoms with Crippen molar-refractivity contribution >= 4 is 0 Å². The van der Waals surface area contributed by atoms with Gasteiger partial charge in [0.25, 0.3) is 0 Å². The Morgan fingerprint density at radius 3 is 1.40 bits per heavy atom. The predicted molar refractivity (Wildman–Crippen MR) is 120 cm³/mol. The lowest BCUT2D eigenvalue weighted by Gasteiger charge is -2.30. The summed E-state index contributed by atoms with van der Waals surface area (Å²) in [4.78, 5) is 4.55. The smallest absolute Gasteiger partial charge is 0.0601 e. The van der Waals surface area contributed by atoms with Gasteiger partial charge in [-0.25, -0.2) is 0 Å². The molecule has 0 aromatic heterocycles. The highest BCUT2D eigenvalue weighted by Gasteiger charge is 2.13. The van der Waals surface area contributed by atoms with E-state index in [0.717, 1.165) is 13.1 Å². The second-order valence-corrected chi connectivity index (χ2v) is 8.45. The van der Waals surface area contributed by atoms with Crippen LogP contribution in [0.1, 0.15) is 82.6 Å². The SMILES string of the molecule is C=C.CC(C)N(C)CC#CC(C)(C)C.CCC.CCN(C)C(C)(C)C. The molecule has 2 nitrogen and oxygen atoms in total. The van der Waals surface area contributed by atoms with Crippen LogP contribution in [0.15, 0.2) is 13.2 Å². The molecule has 0 aliphatic heterocycles. The van der Waals surface area contributed by atoms with Gasteiger partial charge in [0.15, 0.2) is 0 Å². The summed E-state index contributed by atoms with van der Waals surface area (Å²) in [5, 5.41) is 0. The summed E-state index contributed by atoms with van der Waals surface area (Å²) in [5.41, 5.74) is 0.479. The highest BCUT2D eigenvalue weighted by atomic mass is 15.1. The van der Waals surface area contributed by atoms with Crippen LogP contribution in [0, 0.1) is 17.3 Å². The summed E-state index contributed by atoms with van der Waals surface area (Å²) in [5.74, 6) is 6.40. The summed E-state index contributed by atoms with van der Waals surface area (Å²) in [6.45, 7) is 31.8. The Labute approximate surface area is 162 Å². The number of nitrogens with zero attached hydrogens (tertiary/aromatic N) is 2. The van der Waals surface area contributed by atoms with Gasteiger partial charge in [0.1, 0.15) is 0 Å². The van der Waals surface area contributed by atoms with Gasteiger partial charge in [0.2, 0.25) is 0 Å². The summed E-state index contributed by atoms with van der Waals surface area (Å²) < 4.78 is 0. The number of hydrogen-bond donors (Lipinski definition) is 0. The first-order valence-corrected chi connectivity index (χ1v) is 9.64. The zero-order valence-electron chi connectivity index (χ0n) is 20.0. The molecule has 0 N–H and O–H groups in total. The lowest BCUT2D eigenvalue weighted by molar-refractivity contribution is 0.185. The molecule has 0 aliphatic carbocycles. The number of rotatable bonds is 3. The molecule has 25 heavy (non-hydrogen) atoms. The predicted octanol–water partition coefficient (Wildman–Crippen LogP) is 6.33. The Bertz CT molecular complexity index is 321. The third-order valence-corrected chi connectivity index (χ3v) is 3.29. The van der Waals surface area contributed by atoms with Crippen molar-refractivity contribution in [2.45, 2.75) is 94.2 Å². The summed E-state index contributed by atoms with van der Waals surface area (Å²) in [6.07, 6.45) is 1.25. The van der Waals surface area contributed by atoms with Gasteiger partial charge >= 0.3 is 0 Å². The third-order valence-electron chi connectivity index (χ3n) is 3.29. The fraction of sp³-hybridized carbons (Fsp3) is 0.826. The van der Waals surface area contributed by atoms with Crippen LogP contribution in [0.3, 0.4) is 0 Å². The van der Waals surface area contributed by atoms with Crippen LogP contribution in [-0.4, -0.2) is 48.6 Å². The average molecular weight is 355 g/mol. The van der Waals surface area contributed by atoms with Crippen LogP contribution in [-0.2, 0) is 0 Å². The molecule has 0 fully saturated rings. The average Bonchev–Trinajstić information content (AvgIpc) is 2.47. The largest absolute Gasteiger partial charge is 0.302 e. The van der Waals surface area contributed by atoms with Crippen LogP contribution < -0.4 is 0 Å². The standard InChI is InChI=1S/C11H21N.C7H17N.C3H8.C2H4/c1-10(2)12(6)9-7-8-11(3,4)5;1-6-8(5)7(2,3)4;1-3-2;1-2/h10H,9H2,1-6H3;6H2,1-5H3;3H2,1-2H3;1-2H2. The first-order valence-electron chi connectivity index (χ1n) is 9.64. The molecule has 0 aliphatic rings. The molecule has 0 unspecified atom stereocenters. The Balaban J connectivity index is -0.000000146. The monoisotopic (exact) mass is 354 g/mol. The van der Waals surface area contributed by atoms with E-state index in [4.69, 9.17) is 0 Å². The van der Waals surface area contributed by atoms with Crippen LogP contribution in [0.4, 0.5) is 0 Å². The molecule has 0 heterocycles. The molecular formula is C23H50N2. The van der Waals surface area contributed by atoms with E-state index in [2.05, 4.69) is 125 Å². The summed E-state index contributed by atoms with van der Waals surface area (Å²) >= 11 is 0. The fourth-order valence-corrected chi connectivity index (χ4v) is 1.09. The van der Waals surface area contributed by atoms with Gasteiger partial charge in [-0.15, -0.1) is 13.2 Å². The van der Waals surface area contributed by atoms with Crippen molar-refractivity contribution in [3.05, 3.63) is 13.2 Å². The molecule has 0 amide bonds. The zero-order chi connectivity index (χ0) is 21.3. The van der Waals surface area contributed by atoms with Crippen molar-refractivity contribution in [2.75, 3.05) is 27.2 Å². The normalized spacial score (nSPS) is 10.6. The van der Waals surface area contributed by atoms with E-state index in [9.17, 15) is 0 Å². The minimum Gasteiger partial charge on any atom is -0.302 e. The maximum absolute atomic E-state index is 3.22. The molecule has 0 saturated carbocycles. The van der Waals surface area contributed by atoms with Crippen LogP contribution in [0.25, 0.3) is 0 Å². The molecular weight excluding hydrogens is 304 g/mol. The summed E-state index contributed by atoms with van der Waals surface area (Å²) in [6, 6.07) is 0.583. The van der Waals surface area contributed by atoms with Crippen molar-refractivity contribution in [3.8, 4) is 11.8 Å². The van der Waals surface area contributed by atoms with Gasteiger partial charge in [0, 0.05) is 17.0 Å². The fourth-order valence-electron chi connectivity index (χ4n) is 1.09. The second-order valence-electron chi connectivity index (χ2n) is 8.45. The number of hydrogen-bond acceptors (Lipinski definition) is 2. The minimum atomic E-state index is 0.137. The quantitative estimate of drug-likeness (QED) is 0.431. The minimum absolute atomic E-state index is 0.137. The zero-order valence-corrected chi connectivity index (χ0v) is 20.0. The summed E-state index contributed by atoms with van der Waals surface area (Å²) in [7, 11) is 4.24. The second kappa shape index (κ2) is 18.0. The van der Waals surface area contributed by atoms with Gasteiger partial charge in [-0.3, -0.25) is 4.90 Å². The van der Waals surface area contributed by atoms with Crippen LogP contribution in [0.2, 0.25) is 0 Å². The Hall–Kier alpha value is -0.780. The van der Waals surface area contributed by atoms with Gasteiger partial charge in [0.05, 0.1) is 6.54 Å². The van der Waals surface area contributed by atoms with E-state index in [1.54, 1.807) is 0 Å². The maximum atomic E-state index is 3.22. The van der Waals surface area contributed by atoms with Crippen molar-refractivity contribution in [1.29, 1.82) is 0 Å². The Morgan fingerprint density at radius 2 is 1.24 bits per heavy atom. The molecule has 152 valence electrons. The van der Waals surface area contributed by atoms with E-state index in [0.29, 0.717) is 11.6 Å². The van der Waals surface area contributed by atoms with Crippen LogP contribution in [0.5, 0.6) is 0 Å². The maximum Gasteiger partial charge on any atom is 0.0601 e. The van der Waals surface area contributed by atoms with Crippen molar-refractivity contribution in [3.63, 3.8) is 0 Å². The molecule has 0 radical (unpaired) electrons. The van der Waals surface area contributed by atoms with Gasteiger partial charge in [-0.2, -0.15) is 0 Å². The molecule has 0 spiro atoms. The highest BCUT2D eigenvalue weighted by molar-refractivity contribution is 5.08. The van der Waals surface area contributed by atoms with Gasteiger partial charge in [-0.05, 0) is 76.0 Å². The molecule has 2 heteroatoms. The van der Waals surface area contributed by atoms with E-state index < -0.39 is 0 Å². The van der Waals surface area contributed by atoms with E-state index in [1.165, 1.54) is 6.42 Å². The van der Waals surface area contributed by atoms with Crippen LogP contribution >= 0.6 is 0 Å². The lowest BCUT2D eigenvalue weighted by Crippen LogP contribution is -2.37. The van der Waals surface area contributed by atoms with Gasteiger partial charge in [-0.1, -0.05) is 39.0 Å². The molecule has 0 saturated heterocycles. The first-order chi connectivity index (χ1) is 11.2. The van der Waals surface area contributed by atoms with E-state index in [1.807, 2.05) is 0 Å². The van der Waals surface area contributed by atoms with Crippen molar-refractivity contribution < 1.29 is 0 Å². The molecule has 0 bridgehead atoms. The lowest BCUT2D eigenvalue weighted by atomic mass is 9.98.